The van der Waals surface area contributed by atoms with Crippen LogP contribution in [0.2, 0.25) is 0 Å². The smallest absolute Gasteiger partial charge is 0.342 e. The van der Waals surface area contributed by atoms with Crippen LogP contribution < -0.4 is 9.47 Å². The van der Waals surface area contributed by atoms with Crippen LogP contribution >= 0.6 is 0 Å². The number of fused-ring (bicyclic) bond motifs is 2. The topological polar surface area (TPSA) is 99.1 Å². The zero-order chi connectivity index (χ0) is 26.5. The number of phenolic OH excluding ortho intramolecular Hbond substituents is 1. The second-order valence-corrected chi connectivity index (χ2v) is 10.0. The Morgan fingerprint density at radius 3 is 2.51 bits per heavy atom. The summed E-state index contributed by atoms with van der Waals surface area (Å²) in [4.78, 5) is 37.9. The van der Waals surface area contributed by atoms with Gasteiger partial charge in [-0.15, -0.1) is 0 Å². The fourth-order valence-corrected chi connectivity index (χ4v) is 4.85. The summed E-state index contributed by atoms with van der Waals surface area (Å²) >= 11 is 0. The van der Waals surface area contributed by atoms with E-state index in [4.69, 9.17) is 14.2 Å². The second-order valence-electron chi connectivity index (χ2n) is 10.0. The van der Waals surface area contributed by atoms with Crippen LogP contribution in [0.3, 0.4) is 0 Å². The molecule has 2 atom stereocenters. The Morgan fingerprint density at radius 1 is 1.05 bits per heavy atom. The van der Waals surface area contributed by atoms with Crippen LogP contribution in [0.4, 0.5) is 0 Å². The number of hydrogen-bond donors (Lipinski definition) is 1. The quantitative estimate of drug-likeness (QED) is 0.396. The molecule has 37 heavy (non-hydrogen) atoms. The normalized spacial score (nSPS) is 20.9. The number of benzene rings is 2. The van der Waals surface area contributed by atoms with Gasteiger partial charge in [0.15, 0.2) is 0 Å². The molecule has 0 saturated carbocycles. The Balaban J connectivity index is 1.76. The SMILES string of the molecule is CC(C)Oc1ccc(C2CC(=O)Oc3cc4c(c(O)c32)C(=O)OC(C)CCCC(=O)CCCC=C4)cc1. The lowest BCUT2D eigenvalue weighted by molar-refractivity contribution is -0.135. The fourth-order valence-electron chi connectivity index (χ4n) is 4.85. The van der Waals surface area contributed by atoms with Crippen molar-refractivity contribution in [2.24, 2.45) is 0 Å². The van der Waals surface area contributed by atoms with E-state index in [1.165, 1.54) is 0 Å². The summed E-state index contributed by atoms with van der Waals surface area (Å²) in [6.07, 6.45) is 6.71. The van der Waals surface area contributed by atoms with Crippen molar-refractivity contribution < 1.29 is 33.7 Å². The summed E-state index contributed by atoms with van der Waals surface area (Å²) in [5.41, 5.74) is 1.65. The number of allylic oxidation sites excluding steroid dienone is 1. The molecule has 196 valence electrons. The van der Waals surface area contributed by atoms with Crippen LogP contribution in [-0.4, -0.2) is 35.0 Å². The first-order valence-electron chi connectivity index (χ1n) is 13.0. The van der Waals surface area contributed by atoms with Gasteiger partial charge in [-0.2, -0.15) is 0 Å². The first-order valence-corrected chi connectivity index (χ1v) is 13.0. The lowest BCUT2D eigenvalue weighted by Gasteiger charge is -2.28. The first kappa shape index (κ1) is 26.5. The average Bonchev–Trinajstić information content (AvgIpc) is 2.82. The van der Waals surface area contributed by atoms with Crippen molar-refractivity contribution in [1.82, 2.24) is 0 Å². The number of Topliss-reactive ketones (excluding diaryl/α,β-unsaturated/α-hetero) is 1. The highest BCUT2D eigenvalue weighted by molar-refractivity contribution is 5.98. The number of ether oxygens (including phenoxy) is 3. The van der Waals surface area contributed by atoms with Gasteiger partial charge in [0.2, 0.25) is 0 Å². The van der Waals surface area contributed by atoms with Crippen molar-refractivity contribution in [3.63, 3.8) is 0 Å². The standard InChI is InChI=1S/C30H34O7/c1-18(2)35-23-14-12-20(13-15-23)24-17-26(32)37-25-16-21-9-5-4-6-10-22(31)11-7-8-19(3)36-30(34)27(21)29(33)28(24)25/h5,9,12-16,18-19,24,33H,4,6-8,10-11,17H2,1-3H3. The summed E-state index contributed by atoms with van der Waals surface area (Å²) in [6.45, 7) is 5.67. The van der Waals surface area contributed by atoms with Crippen molar-refractivity contribution in [2.75, 3.05) is 0 Å². The first-order chi connectivity index (χ1) is 17.7. The molecule has 2 aliphatic rings. The molecule has 0 amide bonds. The average molecular weight is 507 g/mol. The van der Waals surface area contributed by atoms with Crippen molar-refractivity contribution in [1.29, 1.82) is 0 Å². The minimum Gasteiger partial charge on any atom is -0.507 e. The Morgan fingerprint density at radius 2 is 1.78 bits per heavy atom. The molecule has 7 nitrogen and oxygen atoms in total. The molecule has 0 radical (unpaired) electrons. The number of carbonyl (C=O) groups excluding carboxylic acids is 3. The Labute approximate surface area is 217 Å². The molecule has 1 N–H and O–H groups in total. The van der Waals surface area contributed by atoms with Gasteiger partial charge < -0.3 is 19.3 Å². The van der Waals surface area contributed by atoms with Gasteiger partial charge in [0, 0.05) is 24.3 Å². The number of cyclic esters (lactones) is 1. The lowest BCUT2D eigenvalue weighted by atomic mass is 9.83. The highest BCUT2D eigenvalue weighted by atomic mass is 16.5. The number of carbonyl (C=O) groups is 3. The summed E-state index contributed by atoms with van der Waals surface area (Å²) < 4.78 is 16.9. The van der Waals surface area contributed by atoms with Gasteiger partial charge in [-0.1, -0.05) is 24.3 Å². The molecule has 2 aromatic carbocycles. The third kappa shape index (κ3) is 6.40. The maximum absolute atomic E-state index is 13.3. The van der Waals surface area contributed by atoms with Gasteiger partial charge in [-0.3, -0.25) is 9.59 Å². The predicted octanol–water partition coefficient (Wildman–Crippen LogP) is 6.10. The maximum Gasteiger partial charge on any atom is 0.342 e. The van der Waals surface area contributed by atoms with Crippen LogP contribution in [-0.2, 0) is 14.3 Å². The molecule has 0 spiro atoms. The van der Waals surface area contributed by atoms with Crippen LogP contribution in [0.5, 0.6) is 17.2 Å². The third-order valence-corrected chi connectivity index (χ3v) is 6.63. The summed E-state index contributed by atoms with van der Waals surface area (Å²) in [5, 5.41) is 11.5. The van der Waals surface area contributed by atoms with E-state index < -0.39 is 24.0 Å². The van der Waals surface area contributed by atoms with Crippen molar-refractivity contribution in [3.8, 4) is 17.2 Å². The van der Waals surface area contributed by atoms with E-state index in [0.717, 1.165) is 5.56 Å². The number of rotatable bonds is 3. The van der Waals surface area contributed by atoms with E-state index in [1.54, 1.807) is 19.1 Å². The van der Waals surface area contributed by atoms with E-state index in [2.05, 4.69) is 0 Å². The highest BCUT2D eigenvalue weighted by Crippen LogP contribution is 2.47. The molecule has 2 aliphatic heterocycles. The Hall–Kier alpha value is -3.61. The zero-order valence-corrected chi connectivity index (χ0v) is 21.6. The number of phenols is 1. The van der Waals surface area contributed by atoms with Crippen LogP contribution in [0.25, 0.3) is 6.08 Å². The molecule has 2 aromatic rings. The van der Waals surface area contributed by atoms with Crippen LogP contribution in [0.1, 0.15) is 98.7 Å². The van der Waals surface area contributed by atoms with Gasteiger partial charge in [-0.25, -0.2) is 4.79 Å². The third-order valence-electron chi connectivity index (χ3n) is 6.63. The van der Waals surface area contributed by atoms with E-state index in [-0.39, 0.29) is 35.4 Å². The molecule has 0 aromatic heterocycles. The molecular weight excluding hydrogens is 472 g/mol. The van der Waals surface area contributed by atoms with Gasteiger partial charge in [0.05, 0.1) is 18.6 Å². The number of esters is 2. The van der Waals surface area contributed by atoms with Gasteiger partial charge in [0.1, 0.15) is 28.6 Å². The molecule has 4 rings (SSSR count). The van der Waals surface area contributed by atoms with E-state index in [9.17, 15) is 19.5 Å². The number of aromatic hydroxyl groups is 1. The summed E-state index contributed by atoms with van der Waals surface area (Å²) in [5.74, 6) is -0.666. The number of ketones is 1. The minimum absolute atomic E-state index is 0.0252. The van der Waals surface area contributed by atoms with Crippen molar-refractivity contribution in [2.45, 2.75) is 83.8 Å². The molecule has 0 bridgehead atoms. The molecule has 2 unspecified atom stereocenters. The maximum atomic E-state index is 13.3. The highest BCUT2D eigenvalue weighted by Gasteiger charge is 2.35. The van der Waals surface area contributed by atoms with Gasteiger partial charge in [0.25, 0.3) is 0 Å². The van der Waals surface area contributed by atoms with E-state index in [1.807, 2.05) is 44.2 Å². The van der Waals surface area contributed by atoms with Crippen LogP contribution in [0.15, 0.2) is 36.4 Å². The Kier molecular flexibility index (Phi) is 8.31. The zero-order valence-electron chi connectivity index (χ0n) is 21.6. The largest absolute Gasteiger partial charge is 0.507 e. The molecule has 0 saturated heterocycles. The molecule has 7 heteroatoms. The predicted molar refractivity (Wildman–Crippen MR) is 139 cm³/mol. The van der Waals surface area contributed by atoms with E-state index in [0.29, 0.717) is 55.4 Å². The fraction of sp³-hybridized carbons (Fsp3) is 0.433. The monoisotopic (exact) mass is 506 g/mol. The van der Waals surface area contributed by atoms with Gasteiger partial charge in [-0.05, 0) is 75.8 Å². The van der Waals surface area contributed by atoms with Crippen molar-refractivity contribution in [3.05, 3.63) is 58.7 Å². The summed E-state index contributed by atoms with van der Waals surface area (Å²) in [7, 11) is 0. The van der Waals surface area contributed by atoms with E-state index >= 15 is 0 Å². The molecular formula is C30H34O7. The lowest BCUT2D eigenvalue weighted by Crippen LogP contribution is -2.23. The number of hydrogen-bond acceptors (Lipinski definition) is 7. The molecule has 0 aliphatic carbocycles. The van der Waals surface area contributed by atoms with Gasteiger partial charge >= 0.3 is 11.9 Å². The molecule has 2 heterocycles. The Bertz CT molecular complexity index is 1190. The summed E-state index contributed by atoms with van der Waals surface area (Å²) in [6, 6.07) is 8.99. The molecule has 0 fully saturated rings. The minimum atomic E-state index is -0.646. The van der Waals surface area contributed by atoms with Crippen LogP contribution in [0, 0.1) is 0 Å². The second kappa shape index (κ2) is 11.6. The van der Waals surface area contributed by atoms with Crippen molar-refractivity contribution >= 4 is 23.8 Å².